The lowest BCUT2D eigenvalue weighted by Gasteiger charge is -2.08. The largest absolute Gasteiger partial charge is 0.349 e. The van der Waals surface area contributed by atoms with E-state index in [0.29, 0.717) is 0 Å². The molecule has 2 rings (SSSR count). The quantitative estimate of drug-likeness (QED) is 0.878. The van der Waals surface area contributed by atoms with Gasteiger partial charge in [-0.05, 0) is 30.2 Å². The van der Waals surface area contributed by atoms with Crippen molar-refractivity contribution < 1.29 is 8.78 Å². The first-order valence-corrected chi connectivity index (χ1v) is 6.46. The van der Waals surface area contributed by atoms with Crippen LogP contribution in [0, 0.1) is 11.6 Å². The molecule has 0 aliphatic heterocycles. The normalized spacial score (nSPS) is 12.6. The van der Waals surface area contributed by atoms with Gasteiger partial charge < -0.3 is 10.3 Å². The van der Waals surface area contributed by atoms with Gasteiger partial charge in [0.05, 0.1) is 6.54 Å². The van der Waals surface area contributed by atoms with Crippen LogP contribution in [0.5, 0.6) is 0 Å². The summed E-state index contributed by atoms with van der Waals surface area (Å²) in [6.07, 6.45) is 5.56. The number of halogens is 2. The third-order valence-corrected chi connectivity index (χ3v) is 3.20. The zero-order chi connectivity index (χ0) is 13.8. The molecular formula is C15H18F2N2. The van der Waals surface area contributed by atoms with E-state index in [0.717, 1.165) is 18.4 Å². The van der Waals surface area contributed by atoms with Crippen molar-refractivity contribution in [1.29, 1.82) is 0 Å². The molecule has 2 aromatic rings. The molecule has 19 heavy (non-hydrogen) atoms. The van der Waals surface area contributed by atoms with E-state index in [9.17, 15) is 8.78 Å². The van der Waals surface area contributed by atoms with Crippen molar-refractivity contribution in [1.82, 2.24) is 4.57 Å². The Morgan fingerprint density at radius 3 is 2.53 bits per heavy atom. The first kappa shape index (κ1) is 13.7. The Labute approximate surface area is 111 Å². The zero-order valence-electron chi connectivity index (χ0n) is 10.9. The lowest BCUT2D eigenvalue weighted by atomic mass is 10.1. The van der Waals surface area contributed by atoms with Gasteiger partial charge in [-0.2, -0.15) is 0 Å². The summed E-state index contributed by atoms with van der Waals surface area (Å²) in [5, 5.41) is 0. The number of hydrogen-bond acceptors (Lipinski definition) is 1. The van der Waals surface area contributed by atoms with Gasteiger partial charge in [-0.15, -0.1) is 0 Å². The lowest BCUT2D eigenvalue weighted by molar-refractivity contribution is 0.544. The van der Waals surface area contributed by atoms with Crippen LogP contribution in [0.2, 0.25) is 0 Å². The molecular weight excluding hydrogens is 246 g/mol. The van der Waals surface area contributed by atoms with Crippen molar-refractivity contribution in [3.05, 3.63) is 59.4 Å². The van der Waals surface area contributed by atoms with Crippen molar-refractivity contribution in [2.45, 2.75) is 32.4 Å². The fourth-order valence-corrected chi connectivity index (χ4v) is 2.12. The second kappa shape index (κ2) is 5.97. The molecule has 1 aromatic carbocycles. The number of aromatic nitrogens is 1. The SMILES string of the molecule is CCCC(N)c1ccn(Cc2c(F)cccc2F)c1. The number of benzene rings is 1. The molecule has 1 aromatic heterocycles. The van der Waals surface area contributed by atoms with Gasteiger partial charge in [-0.3, -0.25) is 0 Å². The Bertz CT molecular complexity index is 529. The Kier molecular flexibility index (Phi) is 4.32. The van der Waals surface area contributed by atoms with Gasteiger partial charge in [0, 0.05) is 24.0 Å². The number of nitrogens with zero attached hydrogens (tertiary/aromatic N) is 1. The molecule has 4 heteroatoms. The summed E-state index contributed by atoms with van der Waals surface area (Å²) in [6, 6.07) is 5.79. The smallest absolute Gasteiger partial charge is 0.131 e. The third-order valence-electron chi connectivity index (χ3n) is 3.20. The minimum absolute atomic E-state index is 0.0169. The topological polar surface area (TPSA) is 30.9 Å². The molecule has 2 nitrogen and oxygen atoms in total. The highest BCUT2D eigenvalue weighted by Gasteiger charge is 2.11. The van der Waals surface area contributed by atoms with Crippen molar-refractivity contribution in [2.24, 2.45) is 5.73 Å². The van der Waals surface area contributed by atoms with E-state index in [-0.39, 0.29) is 18.2 Å². The zero-order valence-corrected chi connectivity index (χ0v) is 10.9. The Morgan fingerprint density at radius 2 is 1.89 bits per heavy atom. The van der Waals surface area contributed by atoms with Crippen LogP contribution in [-0.4, -0.2) is 4.57 Å². The highest BCUT2D eigenvalue weighted by molar-refractivity contribution is 5.22. The molecule has 1 heterocycles. The lowest BCUT2D eigenvalue weighted by Crippen LogP contribution is -2.09. The fourth-order valence-electron chi connectivity index (χ4n) is 2.12. The summed E-state index contributed by atoms with van der Waals surface area (Å²) in [7, 11) is 0. The molecule has 0 aliphatic carbocycles. The molecule has 0 fully saturated rings. The van der Waals surface area contributed by atoms with Crippen LogP contribution in [0.3, 0.4) is 0 Å². The van der Waals surface area contributed by atoms with Crippen molar-refractivity contribution >= 4 is 0 Å². The van der Waals surface area contributed by atoms with Gasteiger partial charge in [0.15, 0.2) is 0 Å². The highest BCUT2D eigenvalue weighted by Crippen LogP contribution is 2.18. The van der Waals surface area contributed by atoms with Crippen LogP contribution in [0.4, 0.5) is 8.78 Å². The molecule has 1 atom stereocenters. The molecule has 0 spiro atoms. The van der Waals surface area contributed by atoms with E-state index in [1.165, 1.54) is 18.2 Å². The van der Waals surface area contributed by atoms with Crippen LogP contribution in [-0.2, 0) is 6.54 Å². The van der Waals surface area contributed by atoms with Gasteiger partial charge >= 0.3 is 0 Å². The second-order valence-corrected chi connectivity index (χ2v) is 4.71. The van der Waals surface area contributed by atoms with Gasteiger partial charge in [-0.25, -0.2) is 8.78 Å². The van der Waals surface area contributed by atoms with Crippen LogP contribution < -0.4 is 5.73 Å². The maximum Gasteiger partial charge on any atom is 0.131 e. The maximum absolute atomic E-state index is 13.5. The number of rotatable bonds is 5. The summed E-state index contributed by atoms with van der Waals surface area (Å²) in [5.41, 5.74) is 7.09. The van der Waals surface area contributed by atoms with E-state index in [4.69, 9.17) is 5.73 Å². The number of hydrogen-bond donors (Lipinski definition) is 1. The number of nitrogens with two attached hydrogens (primary N) is 1. The van der Waals surface area contributed by atoms with Gasteiger partial charge in [0.1, 0.15) is 11.6 Å². The fraction of sp³-hybridized carbons (Fsp3) is 0.333. The maximum atomic E-state index is 13.5. The molecule has 0 saturated heterocycles. The van der Waals surface area contributed by atoms with Crippen LogP contribution in [0.1, 0.15) is 36.9 Å². The van der Waals surface area contributed by atoms with E-state index < -0.39 is 11.6 Å². The van der Waals surface area contributed by atoms with E-state index in [2.05, 4.69) is 6.92 Å². The van der Waals surface area contributed by atoms with E-state index in [1.54, 1.807) is 10.8 Å². The first-order chi connectivity index (χ1) is 9.11. The van der Waals surface area contributed by atoms with Gasteiger partial charge in [0.2, 0.25) is 0 Å². The molecule has 2 N–H and O–H groups in total. The van der Waals surface area contributed by atoms with E-state index in [1.807, 2.05) is 12.3 Å². The average molecular weight is 264 g/mol. The van der Waals surface area contributed by atoms with Crippen LogP contribution >= 0.6 is 0 Å². The molecule has 0 saturated carbocycles. The Balaban J connectivity index is 2.16. The molecule has 102 valence electrons. The van der Waals surface area contributed by atoms with Crippen LogP contribution in [0.15, 0.2) is 36.7 Å². The molecule has 1 unspecified atom stereocenters. The minimum atomic E-state index is -0.520. The monoisotopic (exact) mass is 264 g/mol. The van der Waals surface area contributed by atoms with Crippen molar-refractivity contribution in [2.75, 3.05) is 0 Å². The summed E-state index contributed by atoms with van der Waals surface area (Å²) >= 11 is 0. The minimum Gasteiger partial charge on any atom is -0.349 e. The summed E-state index contributed by atoms with van der Waals surface area (Å²) in [4.78, 5) is 0. The standard InChI is InChI=1S/C15H18F2N2/c1-2-4-15(18)11-7-8-19(9-11)10-12-13(16)5-3-6-14(12)17/h3,5-9,15H,2,4,10,18H2,1H3. The predicted octanol–water partition coefficient (Wildman–Crippen LogP) is 3.61. The van der Waals surface area contributed by atoms with Crippen LogP contribution in [0.25, 0.3) is 0 Å². The summed E-state index contributed by atoms with van der Waals surface area (Å²) in [6.45, 7) is 2.25. The summed E-state index contributed by atoms with van der Waals surface area (Å²) in [5.74, 6) is -1.04. The van der Waals surface area contributed by atoms with E-state index >= 15 is 0 Å². The Morgan fingerprint density at radius 1 is 1.21 bits per heavy atom. The molecule has 0 radical (unpaired) electrons. The van der Waals surface area contributed by atoms with Crippen molar-refractivity contribution in [3.63, 3.8) is 0 Å². The van der Waals surface area contributed by atoms with Crippen molar-refractivity contribution in [3.8, 4) is 0 Å². The average Bonchev–Trinajstić information content (AvgIpc) is 2.83. The third kappa shape index (κ3) is 3.20. The first-order valence-electron chi connectivity index (χ1n) is 6.46. The molecule has 0 amide bonds. The predicted molar refractivity (Wildman–Crippen MR) is 71.7 cm³/mol. The molecule has 0 bridgehead atoms. The second-order valence-electron chi connectivity index (χ2n) is 4.71. The molecule has 0 aliphatic rings. The summed E-state index contributed by atoms with van der Waals surface area (Å²) < 4.78 is 28.8. The Hall–Kier alpha value is -1.68. The van der Waals surface area contributed by atoms with Gasteiger partial charge in [0.25, 0.3) is 0 Å². The highest BCUT2D eigenvalue weighted by atomic mass is 19.1. The van der Waals surface area contributed by atoms with Gasteiger partial charge in [-0.1, -0.05) is 19.4 Å².